The van der Waals surface area contributed by atoms with Gasteiger partial charge < -0.3 is 19.7 Å². The predicted octanol–water partition coefficient (Wildman–Crippen LogP) is 3.62. The van der Waals surface area contributed by atoms with Crippen molar-refractivity contribution in [2.45, 2.75) is 32.1 Å². The molecule has 1 aromatic carbocycles. The highest BCUT2D eigenvalue weighted by atomic mass is 127. The van der Waals surface area contributed by atoms with E-state index in [2.05, 4.69) is 48.0 Å². The normalized spacial score (nSPS) is 17.6. The molecule has 7 heteroatoms. The zero-order chi connectivity index (χ0) is 17.9. The minimum Gasteiger partial charge on any atom is -0.491 e. The fourth-order valence-corrected chi connectivity index (χ4v) is 3.91. The highest BCUT2D eigenvalue weighted by Crippen LogP contribution is 2.21. The molecule has 0 saturated carbocycles. The van der Waals surface area contributed by atoms with Crippen LogP contribution in [0.3, 0.4) is 0 Å². The number of methoxy groups -OCH3 is 1. The summed E-state index contributed by atoms with van der Waals surface area (Å²) in [4.78, 5) is 7.25. The molecule has 26 heavy (non-hydrogen) atoms. The van der Waals surface area contributed by atoms with Crippen LogP contribution in [0.2, 0.25) is 0 Å². The van der Waals surface area contributed by atoms with Gasteiger partial charge in [0.1, 0.15) is 12.4 Å². The summed E-state index contributed by atoms with van der Waals surface area (Å²) < 4.78 is 10.7. The maximum Gasteiger partial charge on any atom is 0.194 e. The number of thioether (sulfide) groups is 1. The Morgan fingerprint density at radius 2 is 2.19 bits per heavy atom. The van der Waals surface area contributed by atoms with Crippen LogP contribution in [0.25, 0.3) is 0 Å². The highest BCUT2D eigenvalue weighted by Gasteiger charge is 2.21. The molecule has 2 rings (SSSR count). The quantitative estimate of drug-likeness (QED) is 0.260. The Kier molecular flexibility index (Phi) is 12.1. The van der Waals surface area contributed by atoms with E-state index in [0.29, 0.717) is 25.0 Å². The fourth-order valence-electron chi connectivity index (χ4n) is 2.73. The van der Waals surface area contributed by atoms with Gasteiger partial charge in [-0.2, -0.15) is 11.8 Å². The van der Waals surface area contributed by atoms with E-state index in [1.807, 2.05) is 12.1 Å². The number of hydrogen-bond donors (Lipinski definition) is 1. The molecule has 0 aliphatic carbocycles. The molecule has 1 aliphatic heterocycles. The lowest BCUT2D eigenvalue weighted by atomic mass is 10.2. The van der Waals surface area contributed by atoms with Crippen LogP contribution in [-0.4, -0.2) is 61.8 Å². The summed E-state index contributed by atoms with van der Waals surface area (Å²) in [7, 11) is 1.68. The van der Waals surface area contributed by atoms with Gasteiger partial charge >= 0.3 is 0 Å². The monoisotopic (exact) mass is 493 g/mol. The lowest BCUT2D eigenvalue weighted by molar-refractivity contribution is 0.146. The van der Waals surface area contributed by atoms with E-state index in [4.69, 9.17) is 14.5 Å². The van der Waals surface area contributed by atoms with Crippen molar-refractivity contribution in [2.24, 2.45) is 4.99 Å². The number of ether oxygens (including phenoxy) is 2. The van der Waals surface area contributed by atoms with Crippen molar-refractivity contribution >= 4 is 41.7 Å². The van der Waals surface area contributed by atoms with E-state index < -0.39 is 0 Å². The topological polar surface area (TPSA) is 46.1 Å². The van der Waals surface area contributed by atoms with Crippen molar-refractivity contribution in [1.29, 1.82) is 0 Å². The van der Waals surface area contributed by atoms with Gasteiger partial charge in [0.2, 0.25) is 0 Å². The average molecular weight is 493 g/mol. The Hall–Kier alpha value is -0.670. The number of benzene rings is 1. The van der Waals surface area contributed by atoms with Gasteiger partial charge in [0.05, 0.1) is 13.2 Å². The fraction of sp³-hybridized carbons (Fsp3) is 0.632. The van der Waals surface area contributed by atoms with Gasteiger partial charge in [-0.15, -0.1) is 24.0 Å². The van der Waals surface area contributed by atoms with Gasteiger partial charge in [0, 0.05) is 37.7 Å². The van der Waals surface area contributed by atoms with Crippen LogP contribution in [0.5, 0.6) is 5.75 Å². The molecule has 0 radical (unpaired) electrons. The molecule has 1 N–H and O–H groups in total. The molecule has 0 spiro atoms. The summed E-state index contributed by atoms with van der Waals surface area (Å²) in [6.45, 7) is 9.23. The maximum atomic E-state index is 5.68. The van der Waals surface area contributed by atoms with E-state index in [1.54, 1.807) is 7.11 Å². The molecular weight excluding hydrogens is 461 g/mol. The average Bonchev–Trinajstić information content (AvgIpc) is 2.66. The first kappa shape index (κ1) is 23.4. The third kappa shape index (κ3) is 7.92. The molecule has 1 atom stereocenters. The minimum absolute atomic E-state index is 0. The number of hydrogen-bond acceptors (Lipinski definition) is 4. The van der Waals surface area contributed by atoms with Crippen molar-refractivity contribution in [2.75, 3.05) is 45.7 Å². The second kappa shape index (κ2) is 13.5. The van der Waals surface area contributed by atoms with Crippen LogP contribution in [-0.2, 0) is 11.3 Å². The lowest BCUT2D eigenvalue weighted by Crippen LogP contribution is -2.48. The first-order chi connectivity index (χ1) is 12.3. The van der Waals surface area contributed by atoms with Crippen LogP contribution in [0.4, 0.5) is 0 Å². The van der Waals surface area contributed by atoms with Crippen molar-refractivity contribution in [3.8, 4) is 5.75 Å². The van der Waals surface area contributed by atoms with Crippen molar-refractivity contribution in [3.05, 3.63) is 29.8 Å². The summed E-state index contributed by atoms with van der Waals surface area (Å²) >= 11 is 2.08. The SMILES string of the molecule is CCNC(=NCc1cccc(OCCOC)c1)N1CCSC(CC)C1.I. The summed E-state index contributed by atoms with van der Waals surface area (Å²) in [5.41, 5.74) is 1.16. The minimum atomic E-state index is 0. The van der Waals surface area contributed by atoms with Gasteiger partial charge in [-0.1, -0.05) is 19.1 Å². The van der Waals surface area contributed by atoms with Crippen molar-refractivity contribution < 1.29 is 9.47 Å². The number of nitrogens with one attached hydrogen (secondary N) is 1. The number of guanidine groups is 1. The summed E-state index contributed by atoms with van der Waals surface area (Å²) in [5, 5.41) is 4.15. The van der Waals surface area contributed by atoms with Crippen molar-refractivity contribution in [1.82, 2.24) is 10.2 Å². The Morgan fingerprint density at radius 1 is 1.35 bits per heavy atom. The molecule has 0 amide bonds. The lowest BCUT2D eigenvalue weighted by Gasteiger charge is -2.34. The molecule has 5 nitrogen and oxygen atoms in total. The van der Waals surface area contributed by atoms with E-state index >= 15 is 0 Å². The van der Waals surface area contributed by atoms with Gasteiger partial charge in [-0.05, 0) is 31.0 Å². The van der Waals surface area contributed by atoms with Gasteiger partial charge in [0.15, 0.2) is 5.96 Å². The molecule has 1 saturated heterocycles. The summed E-state index contributed by atoms with van der Waals surface area (Å²) in [6, 6.07) is 8.15. The molecule has 0 bridgehead atoms. The highest BCUT2D eigenvalue weighted by molar-refractivity contribution is 14.0. The second-order valence-corrected chi connectivity index (χ2v) is 7.41. The van der Waals surface area contributed by atoms with Crippen LogP contribution in [0, 0.1) is 0 Å². The number of rotatable bonds is 8. The number of halogens is 1. The first-order valence-corrected chi connectivity index (χ1v) is 10.2. The third-order valence-corrected chi connectivity index (χ3v) is 5.47. The van der Waals surface area contributed by atoms with E-state index in [-0.39, 0.29) is 24.0 Å². The zero-order valence-electron chi connectivity index (χ0n) is 16.1. The Labute approximate surface area is 179 Å². The molecule has 1 aliphatic rings. The molecule has 1 unspecified atom stereocenters. The third-order valence-electron chi connectivity index (χ3n) is 4.09. The molecular formula is C19H32IN3O2S. The Bertz CT molecular complexity index is 545. The van der Waals surface area contributed by atoms with Crippen LogP contribution < -0.4 is 10.1 Å². The number of aliphatic imine (C=N–C) groups is 1. The second-order valence-electron chi connectivity index (χ2n) is 6.01. The van der Waals surface area contributed by atoms with Crippen molar-refractivity contribution in [3.63, 3.8) is 0 Å². The Balaban J connectivity index is 0.00000338. The number of nitrogens with zero attached hydrogens (tertiary/aromatic N) is 2. The maximum absolute atomic E-state index is 5.68. The first-order valence-electron chi connectivity index (χ1n) is 9.12. The summed E-state index contributed by atoms with van der Waals surface area (Å²) in [6.07, 6.45) is 1.21. The standard InChI is InChI=1S/C19H31N3O2S.HI/c1-4-18-15-22(9-12-25-18)19(20-5-2)21-14-16-7-6-8-17(13-16)24-11-10-23-3;/h6-8,13,18H,4-5,9-12,14-15H2,1-3H3,(H,20,21);1H. The van der Waals surface area contributed by atoms with Crippen LogP contribution in [0.1, 0.15) is 25.8 Å². The largest absolute Gasteiger partial charge is 0.491 e. The van der Waals surface area contributed by atoms with Crippen LogP contribution >= 0.6 is 35.7 Å². The smallest absolute Gasteiger partial charge is 0.194 e. The molecule has 0 aromatic heterocycles. The van der Waals surface area contributed by atoms with Gasteiger partial charge in [-0.3, -0.25) is 0 Å². The predicted molar refractivity (Wildman–Crippen MR) is 122 cm³/mol. The van der Waals surface area contributed by atoms with E-state index in [1.165, 1.54) is 12.2 Å². The van der Waals surface area contributed by atoms with E-state index in [0.717, 1.165) is 36.9 Å². The molecule has 1 aromatic rings. The molecule has 1 heterocycles. The zero-order valence-corrected chi connectivity index (χ0v) is 19.2. The van der Waals surface area contributed by atoms with Gasteiger partial charge in [0.25, 0.3) is 0 Å². The summed E-state index contributed by atoms with van der Waals surface area (Å²) in [5.74, 6) is 3.06. The van der Waals surface area contributed by atoms with Gasteiger partial charge in [-0.25, -0.2) is 4.99 Å². The van der Waals surface area contributed by atoms with Crippen LogP contribution in [0.15, 0.2) is 29.3 Å². The van der Waals surface area contributed by atoms with E-state index in [9.17, 15) is 0 Å². The Morgan fingerprint density at radius 3 is 2.92 bits per heavy atom. The molecule has 148 valence electrons. The molecule has 1 fully saturated rings.